The van der Waals surface area contributed by atoms with Crippen LogP contribution in [0.3, 0.4) is 0 Å². The monoisotopic (exact) mass is 553 g/mol. The summed E-state index contributed by atoms with van der Waals surface area (Å²) in [6.07, 6.45) is 11.2. The highest BCUT2D eigenvalue weighted by atomic mass is 31.2. The number of pyridine rings is 1. The molecule has 1 saturated carbocycles. The van der Waals surface area contributed by atoms with E-state index in [0.717, 1.165) is 29.1 Å². The summed E-state index contributed by atoms with van der Waals surface area (Å²) < 4.78 is 22.6. The first kappa shape index (κ1) is 28.6. The van der Waals surface area contributed by atoms with Crippen molar-refractivity contribution in [3.8, 4) is 5.88 Å². The van der Waals surface area contributed by atoms with E-state index in [1.807, 2.05) is 72.8 Å². The molecule has 0 aliphatic heterocycles. The van der Waals surface area contributed by atoms with E-state index in [1.165, 1.54) is 18.4 Å². The second-order valence-corrected chi connectivity index (χ2v) is 15.5. The lowest BCUT2D eigenvalue weighted by Crippen LogP contribution is -2.36. The van der Waals surface area contributed by atoms with Crippen LogP contribution in [0.25, 0.3) is 0 Å². The maximum atomic E-state index is 15.9. The number of allylic oxidation sites excluding steroid dienone is 4. The van der Waals surface area contributed by atoms with Gasteiger partial charge in [-0.2, -0.15) is 0 Å². The lowest BCUT2D eigenvalue weighted by atomic mass is 9.75. The van der Waals surface area contributed by atoms with Gasteiger partial charge in [-0.05, 0) is 48.7 Å². The van der Waals surface area contributed by atoms with E-state index in [2.05, 4.69) is 58.9 Å². The molecule has 3 nitrogen and oxygen atoms in total. The highest BCUT2D eigenvalue weighted by Crippen LogP contribution is 2.66. The van der Waals surface area contributed by atoms with E-state index in [0.29, 0.717) is 23.6 Å². The fourth-order valence-corrected chi connectivity index (χ4v) is 10.6. The van der Waals surface area contributed by atoms with Crippen LogP contribution in [0.2, 0.25) is 0 Å². The van der Waals surface area contributed by atoms with Crippen molar-refractivity contribution in [1.29, 1.82) is 0 Å². The van der Waals surface area contributed by atoms with Gasteiger partial charge in [0.15, 0.2) is 7.14 Å². The Kier molecular flexibility index (Phi) is 8.52. The topological polar surface area (TPSA) is 39.2 Å². The largest absolute Gasteiger partial charge is 0.474 e. The van der Waals surface area contributed by atoms with Crippen molar-refractivity contribution in [2.75, 3.05) is 0 Å². The van der Waals surface area contributed by atoms with Gasteiger partial charge >= 0.3 is 0 Å². The Balaban J connectivity index is 1.65. The fraction of sp³-hybridized carbons (Fsp3) is 0.417. The minimum Gasteiger partial charge on any atom is -0.474 e. The van der Waals surface area contributed by atoms with Crippen LogP contribution in [0.1, 0.15) is 71.7 Å². The quantitative estimate of drug-likeness (QED) is 0.248. The number of benzene rings is 2. The Bertz CT molecular complexity index is 1350. The van der Waals surface area contributed by atoms with E-state index >= 15 is 4.57 Å². The van der Waals surface area contributed by atoms with Crippen LogP contribution < -0.4 is 15.3 Å². The van der Waals surface area contributed by atoms with Crippen LogP contribution in [0, 0.1) is 23.2 Å². The lowest BCUT2D eigenvalue weighted by molar-refractivity contribution is 0.0424. The summed E-state index contributed by atoms with van der Waals surface area (Å²) in [7, 11) is -3.22. The second-order valence-electron chi connectivity index (χ2n) is 12.6. The predicted octanol–water partition coefficient (Wildman–Crippen LogP) is 8.89. The van der Waals surface area contributed by atoms with E-state index in [9.17, 15) is 0 Å². The lowest BCUT2D eigenvalue weighted by Gasteiger charge is -2.41. The molecule has 0 radical (unpaired) electrons. The minimum absolute atomic E-state index is 0.147. The zero-order valence-electron chi connectivity index (χ0n) is 24.7. The summed E-state index contributed by atoms with van der Waals surface area (Å²) in [5, 5.41) is 1.71. The highest BCUT2D eigenvalue weighted by Gasteiger charge is 2.49. The van der Waals surface area contributed by atoms with E-state index < -0.39 is 12.6 Å². The Labute approximate surface area is 241 Å². The molecule has 0 saturated heterocycles. The molecule has 0 N–H and O–H groups in total. The van der Waals surface area contributed by atoms with Crippen molar-refractivity contribution in [2.45, 2.75) is 72.1 Å². The summed E-state index contributed by atoms with van der Waals surface area (Å²) >= 11 is 0. The first-order chi connectivity index (χ1) is 19.2. The van der Waals surface area contributed by atoms with Gasteiger partial charge in [-0.25, -0.2) is 4.98 Å². The average molecular weight is 554 g/mol. The van der Waals surface area contributed by atoms with Crippen molar-refractivity contribution >= 4 is 17.8 Å². The first-order valence-corrected chi connectivity index (χ1v) is 16.7. The molecule has 40 heavy (non-hydrogen) atoms. The van der Waals surface area contributed by atoms with Gasteiger partial charge in [-0.1, -0.05) is 126 Å². The molecule has 4 heteroatoms. The Morgan fingerprint density at radius 1 is 0.900 bits per heavy atom. The Morgan fingerprint density at radius 3 is 2.12 bits per heavy atom. The third kappa shape index (κ3) is 5.64. The molecule has 0 spiro atoms. The summed E-state index contributed by atoms with van der Waals surface area (Å²) in [4.78, 5) is 5.20. The molecule has 0 bridgehead atoms. The van der Waals surface area contributed by atoms with Crippen molar-refractivity contribution in [2.24, 2.45) is 23.2 Å². The molecule has 210 valence electrons. The van der Waals surface area contributed by atoms with Gasteiger partial charge in [-0.3, -0.25) is 0 Å². The van der Waals surface area contributed by atoms with Crippen molar-refractivity contribution in [3.63, 3.8) is 0 Å². The molecule has 0 unspecified atom stereocenters. The zero-order valence-corrected chi connectivity index (χ0v) is 25.6. The molecule has 4 atom stereocenters. The summed E-state index contributed by atoms with van der Waals surface area (Å²) in [6.45, 7) is 11.4. The molecular formula is C36H44NO2P. The van der Waals surface area contributed by atoms with E-state index in [1.54, 1.807) is 0 Å². The summed E-state index contributed by atoms with van der Waals surface area (Å²) in [5.41, 5.74) is 1.21. The predicted molar refractivity (Wildman–Crippen MR) is 168 cm³/mol. The van der Waals surface area contributed by atoms with Crippen LogP contribution in [-0.4, -0.2) is 11.1 Å². The van der Waals surface area contributed by atoms with Crippen LogP contribution in [0.4, 0.5) is 0 Å². The van der Waals surface area contributed by atoms with Gasteiger partial charge < -0.3 is 9.30 Å². The molecule has 0 amide bonds. The third-order valence-electron chi connectivity index (χ3n) is 9.10. The van der Waals surface area contributed by atoms with Crippen molar-refractivity contribution < 1.29 is 9.30 Å². The first-order valence-electron chi connectivity index (χ1n) is 14.9. The van der Waals surface area contributed by atoms with Gasteiger partial charge in [0.05, 0.1) is 11.4 Å². The van der Waals surface area contributed by atoms with Crippen LogP contribution >= 0.6 is 7.14 Å². The van der Waals surface area contributed by atoms with Crippen LogP contribution in [-0.2, 0) is 4.57 Å². The Morgan fingerprint density at radius 2 is 1.55 bits per heavy atom. The van der Waals surface area contributed by atoms with Gasteiger partial charge in [0.1, 0.15) is 6.10 Å². The number of nitrogens with zero attached hydrogens (tertiary/aromatic N) is 1. The number of aromatic nitrogens is 1. The van der Waals surface area contributed by atoms with Gasteiger partial charge in [0, 0.05) is 22.1 Å². The molecule has 2 aliphatic rings. The van der Waals surface area contributed by atoms with Crippen LogP contribution in [0.15, 0.2) is 103 Å². The highest BCUT2D eigenvalue weighted by molar-refractivity contribution is 7.79. The smallest absolute Gasteiger partial charge is 0.213 e. The van der Waals surface area contributed by atoms with Crippen molar-refractivity contribution in [1.82, 2.24) is 4.98 Å². The molecule has 5 rings (SSSR count). The third-order valence-corrected chi connectivity index (χ3v) is 12.9. The number of hydrogen-bond donors (Lipinski definition) is 0. The average Bonchev–Trinajstić information content (AvgIpc) is 3.50. The van der Waals surface area contributed by atoms with E-state index in [4.69, 9.17) is 9.72 Å². The Hall–Kier alpha value is -2.90. The van der Waals surface area contributed by atoms with Gasteiger partial charge in [0.25, 0.3) is 0 Å². The number of ether oxygens (including phenoxy) is 1. The van der Waals surface area contributed by atoms with Crippen LogP contribution in [0.5, 0.6) is 5.88 Å². The summed E-state index contributed by atoms with van der Waals surface area (Å²) in [6, 6.07) is 26.1. The molecule has 2 aromatic carbocycles. The maximum absolute atomic E-state index is 15.9. The normalized spacial score (nSPS) is 22.2. The number of hydrogen-bond acceptors (Lipinski definition) is 3. The molecular weight excluding hydrogens is 509 g/mol. The summed E-state index contributed by atoms with van der Waals surface area (Å²) in [5.74, 6) is 2.37. The second kappa shape index (κ2) is 11.9. The van der Waals surface area contributed by atoms with Gasteiger partial charge in [-0.15, -0.1) is 0 Å². The molecule has 1 aromatic heterocycles. The number of rotatable bonds is 9. The maximum Gasteiger partial charge on any atom is 0.213 e. The standard InChI is InChI=1S/C36H44NO2P/c1-26(2)31-24-23-27(3)25-33(31)39-34-22-14-21-32(37-34)35(36(4,5)28-15-12-13-16-28)40(38,29-17-8-6-9-18-29)30-19-10-7-11-20-30/h6-12,14-22,26-27,31,33,35H,13,23-25H2,1-5H3/t27-,31+,33-,35-/m1/s1. The zero-order chi connectivity index (χ0) is 28.3. The molecule has 1 fully saturated rings. The molecule has 1 heterocycles. The fourth-order valence-electron chi connectivity index (χ4n) is 6.90. The molecule has 3 aromatic rings. The SMILES string of the molecule is CC(C)[C@@H]1CC[C@@H](C)C[C@H]1Oc1cccc([C@H](C(C)(C)C2=CCC=C2)P(=O)(c2ccccc2)c2ccccc2)n1. The van der Waals surface area contributed by atoms with E-state index in [-0.39, 0.29) is 11.8 Å². The van der Waals surface area contributed by atoms with Gasteiger partial charge in [0.2, 0.25) is 5.88 Å². The van der Waals surface area contributed by atoms with Crippen molar-refractivity contribution in [3.05, 3.63) is 108 Å². The molecule has 2 aliphatic carbocycles. The minimum atomic E-state index is -3.22.